The first-order chi connectivity index (χ1) is 7.86. The van der Waals surface area contributed by atoms with E-state index in [0.717, 1.165) is 12.5 Å². The topological polar surface area (TPSA) is 55.1 Å². The van der Waals surface area contributed by atoms with Gasteiger partial charge < -0.3 is 11.1 Å². The van der Waals surface area contributed by atoms with E-state index in [9.17, 15) is 9.18 Å². The van der Waals surface area contributed by atoms with Gasteiger partial charge in [-0.05, 0) is 31.5 Å². The first-order valence-electron chi connectivity index (χ1n) is 5.42. The maximum atomic E-state index is 13.4. The summed E-state index contributed by atoms with van der Waals surface area (Å²) < 4.78 is 13.4. The Bertz CT molecular complexity index is 421. The molecule has 17 heavy (non-hydrogen) atoms. The quantitative estimate of drug-likeness (QED) is 0.872. The van der Waals surface area contributed by atoms with Crippen molar-refractivity contribution in [2.45, 2.75) is 32.2 Å². The second-order valence-corrected chi connectivity index (χ2v) is 4.68. The zero-order valence-corrected chi connectivity index (χ0v) is 10.6. The number of nitrogens with two attached hydrogens (primary N) is 1. The smallest absolute Gasteiger partial charge is 0.244 e. The number of nitrogens with one attached hydrogen (secondary N) is 1. The van der Waals surface area contributed by atoms with Crippen LogP contribution in [0.3, 0.4) is 0 Å². The molecule has 0 spiro atoms. The van der Waals surface area contributed by atoms with Crippen molar-refractivity contribution in [2.24, 2.45) is 5.73 Å². The predicted molar refractivity (Wildman–Crippen MR) is 67.5 cm³/mol. The summed E-state index contributed by atoms with van der Waals surface area (Å²) in [5.74, 6) is -0.973. The van der Waals surface area contributed by atoms with E-state index in [1.54, 1.807) is 6.92 Å². The van der Waals surface area contributed by atoms with Crippen molar-refractivity contribution in [1.82, 2.24) is 0 Å². The Morgan fingerprint density at radius 1 is 1.59 bits per heavy atom. The molecule has 1 rings (SSSR count). The van der Waals surface area contributed by atoms with E-state index in [1.807, 2.05) is 6.92 Å². The van der Waals surface area contributed by atoms with Gasteiger partial charge in [0.05, 0.1) is 11.2 Å². The van der Waals surface area contributed by atoms with Crippen molar-refractivity contribution in [3.63, 3.8) is 0 Å². The Kier molecular flexibility index (Phi) is 4.48. The fourth-order valence-corrected chi connectivity index (χ4v) is 1.65. The molecule has 1 aromatic rings. The van der Waals surface area contributed by atoms with Gasteiger partial charge in [0.1, 0.15) is 5.82 Å². The van der Waals surface area contributed by atoms with Crippen LogP contribution in [0.5, 0.6) is 0 Å². The molecule has 0 saturated carbocycles. The summed E-state index contributed by atoms with van der Waals surface area (Å²) in [4.78, 5) is 11.8. The Balaban J connectivity index is 2.81. The third-order valence-corrected chi connectivity index (χ3v) is 2.70. The van der Waals surface area contributed by atoms with E-state index < -0.39 is 17.3 Å². The molecule has 0 bridgehead atoms. The van der Waals surface area contributed by atoms with Crippen LogP contribution in [0.1, 0.15) is 26.7 Å². The number of amides is 1. The lowest BCUT2D eigenvalue weighted by atomic mass is 9.96. The van der Waals surface area contributed by atoms with Crippen LogP contribution in [0.25, 0.3) is 0 Å². The average molecular weight is 259 g/mol. The summed E-state index contributed by atoms with van der Waals surface area (Å²) in [6, 6.07) is 4.07. The van der Waals surface area contributed by atoms with Crippen molar-refractivity contribution >= 4 is 23.2 Å². The molecule has 94 valence electrons. The Morgan fingerprint density at radius 3 is 2.76 bits per heavy atom. The summed E-state index contributed by atoms with van der Waals surface area (Å²) in [7, 11) is 0. The minimum Gasteiger partial charge on any atom is -0.322 e. The molecule has 1 atom stereocenters. The van der Waals surface area contributed by atoms with E-state index in [-0.39, 0.29) is 10.7 Å². The number of benzene rings is 1. The number of carbonyl (C=O) groups is 1. The first kappa shape index (κ1) is 13.9. The van der Waals surface area contributed by atoms with Gasteiger partial charge in [0.25, 0.3) is 0 Å². The molecule has 0 heterocycles. The first-order valence-corrected chi connectivity index (χ1v) is 5.80. The normalized spacial score (nSPS) is 14.2. The molecule has 1 unspecified atom stereocenters. The monoisotopic (exact) mass is 258 g/mol. The summed E-state index contributed by atoms with van der Waals surface area (Å²) in [6.07, 6.45) is 1.32. The van der Waals surface area contributed by atoms with Crippen molar-refractivity contribution in [3.05, 3.63) is 29.0 Å². The highest BCUT2D eigenvalue weighted by atomic mass is 35.5. The lowest BCUT2D eigenvalue weighted by Crippen LogP contribution is -2.48. The van der Waals surface area contributed by atoms with Crippen molar-refractivity contribution in [2.75, 3.05) is 5.32 Å². The number of hydrogen-bond donors (Lipinski definition) is 2. The van der Waals surface area contributed by atoms with Crippen LogP contribution in [0, 0.1) is 5.82 Å². The molecule has 1 aromatic carbocycles. The second-order valence-electron chi connectivity index (χ2n) is 4.25. The van der Waals surface area contributed by atoms with Crippen LogP contribution < -0.4 is 11.1 Å². The molecule has 0 fully saturated rings. The molecular formula is C12H16ClFN2O. The number of hydrogen-bond acceptors (Lipinski definition) is 2. The van der Waals surface area contributed by atoms with Crippen LogP contribution in [0.4, 0.5) is 10.1 Å². The van der Waals surface area contributed by atoms with Gasteiger partial charge in [-0.2, -0.15) is 0 Å². The molecule has 0 saturated heterocycles. The molecule has 5 heteroatoms. The molecule has 0 aromatic heterocycles. The third kappa shape index (κ3) is 3.68. The van der Waals surface area contributed by atoms with Gasteiger partial charge in [-0.3, -0.25) is 4.79 Å². The van der Waals surface area contributed by atoms with Crippen molar-refractivity contribution in [1.29, 1.82) is 0 Å². The summed E-state index contributed by atoms with van der Waals surface area (Å²) in [5.41, 5.74) is 4.93. The molecule has 0 aliphatic rings. The fraction of sp³-hybridized carbons (Fsp3) is 0.417. The number of halogens is 2. The molecule has 3 N–H and O–H groups in total. The lowest BCUT2D eigenvalue weighted by Gasteiger charge is -2.22. The highest BCUT2D eigenvalue weighted by Gasteiger charge is 2.27. The maximum absolute atomic E-state index is 13.4. The average Bonchev–Trinajstić information content (AvgIpc) is 2.22. The van der Waals surface area contributed by atoms with Gasteiger partial charge in [0.2, 0.25) is 5.91 Å². The van der Waals surface area contributed by atoms with E-state index in [1.165, 1.54) is 12.1 Å². The molecule has 0 radical (unpaired) electrons. The molecule has 3 nitrogen and oxygen atoms in total. The van der Waals surface area contributed by atoms with E-state index in [2.05, 4.69) is 5.32 Å². The van der Waals surface area contributed by atoms with E-state index in [0.29, 0.717) is 6.42 Å². The largest absolute Gasteiger partial charge is 0.322 e. The Hall–Kier alpha value is -1.13. The zero-order chi connectivity index (χ0) is 13.1. The van der Waals surface area contributed by atoms with Gasteiger partial charge in [-0.15, -0.1) is 0 Å². The highest BCUT2D eigenvalue weighted by molar-refractivity contribution is 6.30. The summed E-state index contributed by atoms with van der Waals surface area (Å²) >= 11 is 5.62. The van der Waals surface area contributed by atoms with Gasteiger partial charge in [-0.25, -0.2) is 4.39 Å². The van der Waals surface area contributed by atoms with Crippen LogP contribution >= 0.6 is 11.6 Å². The molecule has 1 amide bonds. The highest BCUT2D eigenvalue weighted by Crippen LogP contribution is 2.20. The van der Waals surface area contributed by atoms with Gasteiger partial charge in [0.15, 0.2) is 0 Å². The Labute approximate surface area is 105 Å². The second kappa shape index (κ2) is 5.47. The van der Waals surface area contributed by atoms with E-state index >= 15 is 0 Å². The number of anilines is 1. The fourth-order valence-electron chi connectivity index (χ4n) is 1.49. The van der Waals surface area contributed by atoms with Crippen molar-refractivity contribution < 1.29 is 9.18 Å². The van der Waals surface area contributed by atoms with Crippen LogP contribution in [0.15, 0.2) is 18.2 Å². The molecule has 0 aliphatic heterocycles. The molecule has 0 aliphatic carbocycles. The number of carbonyl (C=O) groups excluding carboxylic acids is 1. The SMILES string of the molecule is CCCC(C)(N)C(=O)Nc1ccc(Cl)cc1F. The molecular weight excluding hydrogens is 243 g/mol. The van der Waals surface area contributed by atoms with Crippen LogP contribution in [-0.2, 0) is 4.79 Å². The summed E-state index contributed by atoms with van der Waals surface area (Å²) in [5, 5.41) is 2.75. The zero-order valence-electron chi connectivity index (χ0n) is 9.89. The summed E-state index contributed by atoms with van der Waals surface area (Å²) in [6.45, 7) is 3.56. The minimum atomic E-state index is -0.999. The Morgan fingerprint density at radius 2 is 2.24 bits per heavy atom. The van der Waals surface area contributed by atoms with Crippen LogP contribution in [0.2, 0.25) is 5.02 Å². The van der Waals surface area contributed by atoms with E-state index in [4.69, 9.17) is 17.3 Å². The van der Waals surface area contributed by atoms with Gasteiger partial charge >= 0.3 is 0 Å². The predicted octanol–water partition coefficient (Wildman–Crippen LogP) is 2.94. The van der Waals surface area contributed by atoms with Gasteiger partial charge in [0, 0.05) is 5.02 Å². The minimum absolute atomic E-state index is 0.0900. The van der Waals surface area contributed by atoms with Gasteiger partial charge in [-0.1, -0.05) is 24.9 Å². The maximum Gasteiger partial charge on any atom is 0.244 e. The van der Waals surface area contributed by atoms with Crippen LogP contribution in [-0.4, -0.2) is 11.4 Å². The van der Waals surface area contributed by atoms with Crippen molar-refractivity contribution in [3.8, 4) is 0 Å². The number of rotatable bonds is 4. The third-order valence-electron chi connectivity index (χ3n) is 2.47. The standard InChI is InChI=1S/C12H16ClFN2O/c1-3-6-12(2,15)11(17)16-10-5-4-8(13)7-9(10)14/h4-5,7H,3,6,15H2,1-2H3,(H,16,17). The lowest BCUT2D eigenvalue weighted by molar-refractivity contribution is -0.120.